The molecule has 0 aromatic rings. The fraction of sp³-hybridized carbons (Fsp3) is 0.727. The lowest BCUT2D eigenvalue weighted by Crippen LogP contribution is -2.41. The number of hydrogen-bond donors (Lipinski definition) is 2. The van der Waals surface area contributed by atoms with Crippen LogP contribution in [0, 0.1) is 0 Å². The SMILES string of the molecule is [2H]C([2H])([2H])C(=O)NC(CSC(C)CC(=O)OCC)C(=O)O. The first-order valence-corrected chi connectivity index (χ1v) is 6.43. The number of ether oxygens (including phenoxy) is 1. The molecule has 0 spiro atoms. The van der Waals surface area contributed by atoms with E-state index in [0.717, 1.165) is 11.8 Å². The Morgan fingerprint density at radius 3 is 2.67 bits per heavy atom. The number of carboxylic acid groups (broad SMARTS) is 1. The van der Waals surface area contributed by atoms with Crippen LogP contribution in [-0.4, -0.2) is 46.6 Å². The molecule has 0 saturated heterocycles. The molecule has 18 heavy (non-hydrogen) atoms. The fourth-order valence-electron chi connectivity index (χ4n) is 1.11. The monoisotopic (exact) mass is 280 g/mol. The highest BCUT2D eigenvalue weighted by molar-refractivity contribution is 7.99. The van der Waals surface area contributed by atoms with E-state index >= 15 is 0 Å². The van der Waals surface area contributed by atoms with Gasteiger partial charge in [-0.3, -0.25) is 9.59 Å². The minimum atomic E-state index is -2.89. The van der Waals surface area contributed by atoms with E-state index in [4.69, 9.17) is 14.0 Å². The largest absolute Gasteiger partial charge is 0.480 e. The number of esters is 1. The topological polar surface area (TPSA) is 92.7 Å². The number of aliphatic carboxylic acids is 1. The Kier molecular flexibility index (Phi) is 5.78. The smallest absolute Gasteiger partial charge is 0.327 e. The maximum Gasteiger partial charge on any atom is 0.327 e. The highest BCUT2D eigenvalue weighted by atomic mass is 32.2. The molecule has 1 amide bonds. The van der Waals surface area contributed by atoms with Crippen molar-refractivity contribution in [3.05, 3.63) is 0 Å². The average molecular weight is 280 g/mol. The third kappa shape index (κ3) is 7.94. The van der Waals surface area contributed by atoms with Crippen molar-refractivity contribution in [3.63, 3.8) is 0 Å². The van der Waals surface area contributed by atoms with Gasteiger partial charge in [0.05, 0.1) is 13.0 Å². The number of hydrogen-bond acceptors (Lipinski definition) is 5. The summed E-state index contributed by atoms with van der Waals surface area (Å²) >= 11 is 1.14. The van der Waals surface area contributed by atoms with Gasteiger partial charge in [-0.05, 0) is 6.92 Å². The second kappa shape index (κ2) is 8.79. The van der Waals surface area contributed by atoms with E-state index in [2.05, 4.69) is 0 Å². The van der Waals surface area contributed by atoms with Crippen LogP contribution in [0.2, 0.25) is 0 Å². The maximum atomic E-state index is 11.3. The number of rotatable bonds is 8. The summed E-state index contributed by atoms with van der Waals surface area (Å²) in [5, 5.41) is 10.7. The van der Waals surface area contributed by atoms with Gasteiger partial charge < -0.3 is 15.2 Å². The van der Waals surface area contributed by atoms with Crippen molar-refractivity contribution in [2.24, 2.45) is 0 Å². The zero-order valence-corrected chi connectivity index (χ0v) is 11.1. The van der Waals surface area contributed by atoms with Crippen LogP contribution in [0.3, 0.4) is 0 Å². The quantitative estimate of drug-likeness (QED) is 0.634. The molecular formula is C11H19NO5S. The molecule has 2 N–H and O–H groups in total. The van der Waals surface area contributed by atoms with Gasteiger partial charge in [0.15, 0.2) is 0 Å². The molecule has 0 radical (unpaired) electrons. The molecule has 0 aromatic heterocycles. The molecule has 0 aromatic carbocycles. The Bertz CT molecular complexity index is 389. The van der Waals surface area contributed by atoms with Crippen LogP contribution in [-0.2, 0) is 19.1 Å². The van der Waals surface area contributed by atoms with E-state index in [1.807, 2.05) is 5.32 Å². The van der Waals surface area contributed by atoms with Crippen molar-refractivity contribution in [1.29, 1.82) is 0 Å². The first kappa shape index (κ1) is 11.8. The molecule has 0 aliphatic heterocycles. The van der Waals surface area contributed by atoms with Crippen LogP contribution in [0.5, 0.6) is 0 Å². The minimum Gasteiger partial charge on any atom is -0.480 e. The Morgan fingerprint density at radius 1 is 1.50 bits per heavy atom. The highest BCUT2D eigenvalue weighted by Gasteiger charge is 2.20. The van der Waals surface area contributed by atoms with E-state index in [-0.39, 0.29) is 24.0 Å². The van der Waals surface area contributed by atoms with Crippen molar-refractivity contribution >= 4 is 29.6 Å². The van der Waals surface area contributed by atoms with Gasteiger partial charge in [0, 0.05) is 22.0 Å². The number of carbonyl (C=O) groups is 3. The van der Waals surface area contributed by atoms with Gasteiger partial charge in [-0.1, -0.05) is 6.92 Å². The van der Waals surface area contributed by atoms with E-state index in [1.54, 1.807) is 13.8 Å². The number of thioether (sulfide) groups is 1. The molecule has 0 fully saturated rings. The van der Waals surface area contributed by atoms with E-state index in [9.17, 15) is 14.4 Å². The van der Waals surface area contributed by atoms with Crippen LogP contribution < -0.4 is 5.32 Å². The van der Waals surface area contributed by atoms with Crippen LogP contribution >= 0.6 is 11.8 Å². The molecular weight excluding hydrogens is 258 g/mol. The number of amides is 1. The van der Waals surface area contributed by atoms with Gasteiger partial charge in [-0.2, -0.15) is 11.8 Å². The molecule has 0 saturated carbocycles. The average Bonchev–Trinajstić information content (AvgIpc) is 2.32. The highest BCUT2D eigenvalue weighted by Crippen LogP contribution is 2.16. The van der Waals surface area contributed by atoms with Gasteiger partial charge in [0.25, 0.3) is 0 Å². The Balaban J connectivity index is 4.37. The van der Waals surface area contributed by atoms with Gasteiger partial charge >= 0.3 is 11.9 Å². The van der Waals surface area contributed by atoms with Crippen molar-refractivity contribution in [2.75, 3.05) is 12.4 Å². The van der Waals surface area contributed by atoms with Crippen LogP contribution in [0.1, 0.15) is 31.2 Å². The Labute approximate surface area is 115 Å². The summed E-state index contributed by atoms with van der Waals surface area (Å²) in [5.41, 5.74) is 0. The summed E-state index contributed by atoms with van der Waals surface area (Å²) in [6, 6.07) is -1.33. The molecule has 0 aliphatic carbocycles. The summed E-state index contributed by atoms with van der Waals surface area (Å²) in [7, 11) is 0. The molecule has 0 heterocycles. The molecule has 6 nitrogen and oxygen atoms in total. The van der Waals surface area contributed by atoms with Gasteiger partial charge in [-0.15, -0.1) is 0 Å². The predicted octanol–water partition coefficient (Wildman–Crippen LogP) is 0.651. The Morgan fingerprint density at radius 2 is 2.17 bits per heavy atom. The summed E-state index contributed by atoms with van der Waals surface area (Å²) in [4.78, 5) is 33.5. The van der Waals surface area contributed by atoms with E-state index < -0.39 is 30.7 Å². The minimum absolute atomic E-state index is 0.0439. The lowest BCUT2D eigenvalue weighted by Gasteiger charge is -2.15. The van der Waals surface area contributed by atoms with E-state index in [1.165, 1.54) is 0 Å². The first-order chi connectivity index (χ1) is 9.57. The molecule has 2 unspecified atom stereocenters. The molecule has 0 bridgehead atoms. The molecule has 2 atom stereocenters. The first-order valence-electron chi connectivity index (χ1n) is 6.89. The van der Waals surface area contributed by atoms with Crippen LogP contribution in [0.15, 0.2) is 0 Å². The zero-order valence-electron chi connectivity index (χ0n) is 13.3. The Hall–Kier alpha value is -1.24. The third-order valence-electron chi connectivity index (χ3n) is 1.91. The second-order valence-corrected chi connectivity index (χ2v) is 4.99. The van der Waals surface area contributed by atoms with Crippen LogP contribution in [0.25, 0.3) is 0 Å². The third-order valence-corrected chi connectivity index (χ3v) is 3.17. The lowest BCUT2D eigenvalue weighted by atomic mass is 10.3. The molecule has 7 heteroatoms. The number of carboxylic acids is 1. The molecule has 104 valence electrons. The summed E-state index contributed by atoms with van der Waals surface area (Å²) in [6.45, 7) is 0.768. The lowest BCUT2D eigenvalue weighted by molar-refractivity contribution is -0.143. The van der Waals surface area contributed by atoms with Gasteiger partial charge in [-0.25, -0.2) is 4.79 Å². The fourth-order valence-corrected chi connectivity index (χ4v) is 2.11. The maximum absolute atomic E-state index is 11.3. The van der Waals surface area contributed by atoms with Crippen molar-refractivity contribution in [3.8, 4) is 0 Å². The van der Waals surface area contributed by atoms with Crippen LogP contribution in [0.4, 0.5) is 0 Å². The number of nitrogens with one attached hydrogen (secondary N) is 1. The normalized spacial score (nSPS) is 16.7. The molecule has 0 rings (SSSR count). The predicted molar refractivity (Wildman–Crippen MR) is 68.4 cm³/mol. The van der Waals surface area contributed by atoms with Crippen molar-refractivity contribution < 1.29 is 28.3 Å². The summed E-state index contributed by atoms with van der Waals surface area (Å²) in [6.07, 6.45) is 0.109. The standard InChI is InChI=1S/C11H19NO5S/c1-4-17-10(14)5-7(2)18-6-9(11(15)16)12-8(3)13/h7,9H,4-6H2,1-3H3,(H,12,13)(H,15,16)/i3D3. The van der Waals surface area contributed by atoms with Gasteiger partial charge in [0.2, 0.25) is 5.91 Å². The van der Waals surface area contributed by atoms with Gasteiger partial charge in [0.1, 0.15) is 6.04 Å². The molecule has 0 aliphatic rings. The van der Waals surface area contributed by atoms with E-state index in [0.29, 0.717) is 0 Å². The summed E-state index contributed by atoms with van der Waals surface area (Å²) < 4.78 is 25.4. The second-order valence-electron chi connectivity index (χ2n) is 3.52. The zero-order chi connectivity index (χ0) is 16.6. The van der Waals surface area contributed by atoms with Crippen molar-refractivity contribution in [2.45, 2.75) is 38.4 Å². The number of carbonyl (C=O) groups excluding carboxylic acids is 2. The van der Waals surface area contributed by atoms with Crippen molar-refractivity contribution in [1.82, 2.24) is 5.32 Å². The summed E-state index contributed by atoms with van der Waals surface area (Å²) in [5.74, 6) is -3.08.